The van der Waals surface area contributed by atoms with Gasteiger partial charge in [-0.05, 0) is 38.4 Å². The van der Waals surface area contributed by atoms with Crippen molar-refractivity contribution >= 4 is 11.9 Å². The Labute approximate surface area is 95.6 Å². The fraction of sp³-hybridized carbons (Fsp3) is 0.800. The van der Waals surface area contributed by atoms with Crippen LogP contribution in [-0.2, 0) is 0 Å². The summed E-state index contributed by atoms with van der Waals surface area (Å²) in [4.78, 5) is 6.40. The lowest BCUT2D eigenvalue weighted by Crippen LogP contribution is -2.40. The Bertz CT molecular complexity index is 339. The molecule has 0 unspecified atom stereocenters. The zero-order valence-corrected chi connectivity index (χ0v) is 9.95. The van der Waals surface area contributed by atoms with Crippen molar-refractivity contribution in [2.45, 2.75) is 19.8 Å². The van der Waals surface area contributed by atoms with Crippen LogP contribution in [0.3, 0.4) is 0 Å². The van der Waals surface area contributed by atoms with Crippen LogP contribution in [-0.4, -0.2) is 46.8 Å². The molecule has 0 radical (unpaired) electrons. The highest BCUT2D eigenvalue weighted by Gasteiger charge is 2.28. The van der Waals surface area contributed by atoms with Crippen molar-refractivity contribution in [3.05, 3.63) is 0 Å². The van der Waals surface area contributed by atoms with Gasteiger partial charge in [0.25, 0.3) is 0 Å². The number of anilines is 2. The largest absolute Gasteiger partial charge is 0.368 e. The van der Waals surface area contributed by atoms with Crippen molar-refractivity contribution in [2.75, 3.05) is 37.7 Å². The molecule has 2 rings (SSSR count). The van der Waals surface area contributed by atoms with Gasteiger partial charge in [0, 0.05) is 6.54 Å². The van der Waals surface area contributed by atoms with Crippen molar-refractivity contribution in [2.24, 2.45) is 5.41 Å². The van der Waals surface area contributed by atoms with Crippen LogP contribution in [0.15, 0.2) is 0 Å². The average Bonchev–Trinajstić information content (AvgIpc) is 2.67. The minimum atomic E-state index is 0.335. The Hall–Kier alpha value is -1.30. The third kappa shape index (κ3) is 2.63. The van der Waals surface area contributed by atoms with E-state index in [0.29, 0.717) is 17.3 Å². The molecule has 0 bridgehead atoms. The number of piperidine rings is 1. The topological polar surface area (TPSA) is 82.9 Å². The van der Waals surface area contributed by atoms with Gasteiger partial charge < -0.3 is 16.0 Å². The van der Waals surface area contributed by atoms with Gasteiger partial charge in [0.2, 0.25) is 11.9 Å². The van der Waals surface area contributed by atoms with E-state index in [4.69, 9.17) is 5.73 Å². The first kappa shape index (κ1) is 11.2. The van der Waals surface area contributed by atoms with Crippen LogP contribution in [0.4, 0.5) is 11.9 Å². The lowest BCUT2D eigenvalue weighted by Gasteiger charge is -2.37. The average molecular weight is 224 g/mol. The molecule has 6 nitrogen and oxygen atoms in total. The smallest absolute Gasteiger partial charge is 0.243 e. The van der Waals surface area contributed by atoms with Crippen LogP contribution < -0.4 is 11.1 Å². The summed E-state index contributed by atoms with van der Waals surface area (Å²) in [5, 5.41) is 9.82. The van der Waals surface area contributed by atoms with E-state index < -0.39 is 0 Å². The van der Waals surface area contributed by atoms with Crippen molar-refractivity contribution in [3.63, 3.8) is 0 Å². The number of likely N-dealkylation sites (tertiary alicyclic amines) is 1. The van der Waals surface area contributed by atoms with Crippen molar-refractivity contribution in [1.82, 2.24) is 20.1 Å². The summed E-state index contributed by atoms with van der Waals surface area (Å²) in [6.45, 7) is 5.53. The molecule has 1 saturated heterocycles. The molecule has 1 aliphatic heterocycles. The molecule has 0 aromatic carbocycles. The summed E-state index contributed by atoms with van der Waals surface area (Å²) in [5.41, 5.74) is 5.80. The first-order valence-corrected chi connectivity index (χ1v) is 5.68. The van der Waals surface area contributed by atoms with E-state index in [1.54, 1.807) is 0 Å². The molecule has 1 aromatic heterocycles. The third-order valence-corrected chi connectivity index (χ3v) is 3.37. The van der Waals surface area contributed by atoms with E-state index in [-0.39, 0.29) is 0 Å². The molecular weight excluding hydrogens is 204 g/mol. The molecule has 4 N–H and O–H groups in total. The van der Waals surface area contributed by atoms with Crippen LogP contribution in [0.1, 0.15) is 19.8 Å². The summed E-state index contributed by atoms with van der Waals surface area (Å²) in [6, 6.07) is 0. The molecule has 0 atom stereocenters. The number of rotatable bonds is 3. The second kappa shape index (κ2) is 4.29. The Morgan fingerprint density at radius 1 is 1.50 bits per heavy atom. The van der Waals surface area contributed by atoms with Crippen molar-refractivity contribution < 1.29 is 0 Å². The minimum absolute atomic E-state index is 0.335. The first-order valence-electron chi connectivity index (χ1n) is 5.68. The van der Waals surface area contributed by atoms with Gasteiger partial charge in [-0.1, -0.05) is 6.92 Å². The number of nitrogen functional groups attached to an aromatic ring is 1. The SMILES string of the molecule is CN1CCC(C)(CNc2n[nH]c(N)n2)CC1. The highest BCUT2D eigenvalue weighted by atomic mass is 15.3. The first-order chi connectivity index (χ1) is 7.57. The van der Waals surface area contributed by atoms with Gasteiger partial charge >= 0.3 is 0 Å². The highest BCUT2D eigenvalue weighted by molar-refractivity contribution is 5.29. The fourth-order valence-corrected chi connectivity index (χ4v) is 1.98. The van der Waals surface area contributed by atoms with Crippen LogP contribution in [0.2, 0.25) is 0 Å². The summed E-state index contributed by atoms with van der Waals surface area (Å²) in [7, 11) is 2.17. The molecule has 2 heterocycles. The molecule has 0 saturated carbocycles. The Balaban J connectivity index is 1.85. The Kier molecular flexibility index (Phi) is 3.00. The van der Waals surface area contributed by atoms with E-state index >= 15 is 0 Å². The van der Waals surface area contributed by atoms with Gasteiger partial charge in [-0.3, -0.25) is 0 Å². The number of aromatic nitrogens is 3. The number of nitrogens with zero attached hydrogens (tertiary/aromatic N) is 3. The quantitative estimate of drug-likeness (QED) is 0.697. The lowest BCUT2D eigenvalue weighted by atomic mass is 9.80. The summed E-state index contributed by atoms with van der Waals surface area (Å²) < 4.78 is 0. The number of nitrogens with one attached hydrogen (secondary N) is 2. The second-order valence-electron chi connectivity index (χ2n) is 5.01. The van der Waals surface area contributed by atoms with Crippen LogP contribution >= 0.6 is 0 Å². The number of H-pyrrole nitrogens is 1. The van der Waals surface area contributed by atoms with Gasteiger partial charge in [-0.25, -0.2) is 5.10 Å². The van der Waals surface area contributed by atoms with E-state index in [1.165, 1.54) is 12.8 Å². The predicted octanol–water partition coefficient (Wildman–Crippen LogP) is 0.531. The zero-order valence-electron chi connectivity index (χ0n) is 9.95. The van der Waals surface area contributed by atoms with E-state index in [0.717, 1.165) is 19.6 Å². The van der Waals surface area contributed by atoms with E-state index in [2.05, 4.69) is 39.4 Å². The molecule has 0 amide bonds. The van der Waals surface area contributed by atoms with E-state index in [1.807, 2.05) is 0 Å². The summed E-state index contributed by atoms with van der Waals surface area (Å²) in [5.74, 6) is 0.952. The van der Waals surface area contributed by atoms with Gasteiger partial charge in [0.15, 0.2) is 0 Å². The molecule has 1 aliphatic rings. The highest BCUT2D eigenvalue weighted by Crippen LogP contribution is 2.30. The van der Waals surface area contributed by atoms with Crippen LogP contribution in [0, 0.1) is 5.41 Å². The van der Waals surface area contributed by atoms with Crippen LogP contribution in [0.5, 0.6) is 0 Å². The zero-order chi connectivity index (χ0) is 11.6. The predicted molar refractivity (Wildman–Crippen MR) is 64.1 cm³/mol. The van der Waals surface area contributed by atoms with E-state index in [9.17, 15) is 0 Å². The molecular formula is C10H20N6. The maximum absolute atomic E-state index is 5.46. The molecule has 0 aliphatic carbocycles. The standard InChI is InChI=1S/C10H20N6/c1-10(3-5-16(2)6-4-10)7-12-9-13-8(11)14-15-9/h3-7H2,1-2H3,(H4,11,12,13,14,15). The second-order valence-corrected chi connectivity index (χ2v) is 5.01. The molecule has 90 valence electrons. The maximum Gasteiger partial charge on any atom is 0.243 e. The van der Waals surface area contributed by atoms with Crippen molar-refractivity contribution in [3.8, 4) is 0 Å². The fourth-order valence-electron chi connectivity index (χ4n) is 1.98. The molecule has 1 fully saturated rings. The van der Waals surface area contributed by atoms with Gasteiger partial charge in [-0.15, -0.1) is 5.10 Å². The van der Waals surface area contributed by atoms with Gasteiger partial charge in [0.05, 0.1) is 0 Å². The van der Waals surface area contributed by atoms with Crippen molar-refractivity contribution in [1.29, 1.82) is 0 Å². The number of aromatic amines is 1. The van der Waals surface area contributed by atoms with Gasteiger partial charge in [-0.2, -0.15) is 4.98 Å². The molecule has 0 spiro atoms. The lowest BCUT2D eigenvalue weighted by molar-refractivity contribution is 0.150. The number of hydrogen-bond acceptors (Lipinski definition) is 5. The minimum Gasteiger partial charge on any atom is -0.368 e. The molecule has 16 heavy (non-hydrogen) atoms. The third-order valence-electron chi connectivity index (χ3n) is 3.37. The summed E-state index contributed by atoms with van der Waals surface area (Å²) >= 11 is 0. The van der Waals surface area contributed by atoms with Crippen LogP contribution in [0.25, 0.3) is 0 Å². The summed E-state index contributed by atoms with van der Waals surface area (Å²) in [6.07, 6.45) is 2.41. The monoisotopic (exact) mass is 224 g/mol. The number of hydrogen-bond donors (Lipinski definition) is 3. The Morgan fingerprint density at radius 3 is 2.75 bits per heavy atom. The normalized spacial score (nSPS) is 20.9. The Morgan fingerprint density at radius 2 is 2.19 bits per heavy atom. The number of nitrogens with two attached hydrogens (primary N) is 1. The van der Waals surface area contributed by atoms with Gasteiger partial charge in [0.1, 0.15) is 0 Å². The maximum atomic E-state index is 5.46. The molecule has 1 aromatic rings. The molecule has 6 heteroatoms.